The number of hydrogen-bond acceptors (Lipinski definition) is 5. The molecule has 0 saturated heterocycles. The monoisotopic (exact) mass is 318 g/mol. The Balaban J connectivity index is 2.81. The first-order chi connectivity index (χ1) is 9.41. The molecule has 0 fully saturated rings. The molecule has 0 aliphatic heterocycles. The lowest BCUT2D eigenvalue weighted by Crippen LogP contribution is -2.31. The van der Waals surface area contributed by atoms with Crippen molar-refractivity contribution in [2.45, 2.75) is 13.5 Å². The van der Waals surface area contributed by atoms with Gasteiger partial charge >= 0.3 is 0 Å². The zero-order valence-corrected chi connectivity index (χ0v) is 12.5. The predicted molar refractivity (Wildman–Crippen MR) is 78.3 cm³/mol. The van der Waals surface area contributed by atoms with Gasteiger partial charge in [0, 0.05) is 13.1 Å². The summed E-state index contributed by atoms with van der Waals surface area (Å²) in [6, 6.07) is 0. The van der Waals surface area contributed by atoms with Crippen LogP contribution >= 0.6 is 11.6 Å². The Kier molecular flexibility index (Phi) is 6.01. The van der Waals surface area contributed by atoms with Crippen molar-refractivity contribution in [2.24, 2.45) is 0 Å². The number of sulfonamides is 1. The Bertz CT molecular complexity index is 663. The van der Waals surface area contributed by atoms with E-state index in [1.54, 1.807) is 6.92 Å². The van der Waals surface area contributed by atoms with Crippen LogP contribution in [0.2, 0.25) is 5.02 Å². The molecule has 20 heavy (non-hydrogen) atoms. The fraction of sp³-hybridized carbons (Fsp3) is 0.455. The number of rotatable bonds is 7. The summed E-state index contributed by atoms with van der Waals surface area (Å²) in [6.07, 6.45) is 6.40. The number of hydrogen-bond donors (Lipinski definition) is 2. The van der Waals surface area contributed by atoms with Gasteiger partial charge in [-0.2, -0.15) is 5.10 Å². The maximum Gasteiger partial charge on any atom is 0.292 e. The maximum atomic E-state index is 12.0. The van der Waals surface area contributed by atoms with E-state index in [0.717, 1.165) is 4.68 Å². The second kappa shape index (κ2) is 7.28. The molecule has 0 amide bonds. The molecule has 1 heterocycles. The van der Waals surface area contributed by atoms with Crippen molar-refractivity contribution in [3.05, 3.63) is 21.6 Å². The molecule has 0 unspecified atom stereocenters. The summed E-state index contributed by atoms with van der Waals surface area (Å²) < 4.78 is 26.3. The number of nitrogens with one attached hydrogen (secondary N) is 2. The SMILES string of the molecule is C#CCn1ncc(Cl)c(NCCS(=O)(=O)NCC)c1=O. The van der Waals surface area contributed by atoms with E-state index in [-0.39, 0.29) is 29.6 Å². The average molecular weight is 319 g/mol. The number of terminal acetylenes is 1. The first-order valence-corrected chi connectivity index (χ1v) is 7.84. The largest absolute Gasteiger partial charge is 0.378 e. The minimum Gasteiger partial charge on any atom is -0.378 e. The standard InChI is InChI=1S/C11H15ClN4O3S/c1-3-6-16-11(17)10(9(12)8-14-16)13-5-7-20(18,19)15-4-2/h1,8,13,15H,4-7H2,2H3. The molecule has 0 aliphatic carbocycles. The summed E-state index contributed by atoms with van der Waals surface area (Å²) in [5, 5.41) is 6.59. The Hall–Kier alpha value is -1.56. The van der Waals surface area contributed by atoms with Gasteiger partial charge in [-0.25, -0.2) is 17.8 Å². The molecule has 1 aromatic rings. The molecule has 0 aromatic carbocycles. The Labute approximate surface area is 122 Å². The van der Waals surface area contributed by atoms with Crippen LogP contribution < -0.4 is 15.6 Å². The normalized spacial score (nSPS) is 11.1. The quantitative estimate of drug-likeness (QED) is 0.684. The summed E-state index contributed by atoms with van der Waals surface area (Å²) >= 11 is 5.86. The topological polar surface area (TPSA) is 93.1 Å². The van der Waals surface area contributed by atoms with Gasteiger partial charge in [0.2, 0.25) is 10.0 Å². The molecule has 0 saturated carbocycles. The lowest BCUT2D eigenvalue weighted by molar-refractivity contribution is 0.584. The summed E-state index contributed by atoms with van der Waals surface area (Å²) in [5.41, 5.74) is -0.403. The van der Waals surface area contributed by atoms with Crippen molar-refractivity contribution < 1.29 is 8.42 Å². The van der Waals surface area contributed by atoms with Gasteiger partial charge in [-0.05, 0) is 0 Å². The van der Waals surface area contributed by atoms with Crippen molar-refractivity contribution >= 4 is 27.3 Å². The molecule has 2 N–H and O–H groups in total. The zero-order chi connectivity index (χ0) is 15.2. The van der Waals surface area contributed by atoms with E-state index in [1.807, 2.05) is 0 Å². The number of aromatic nitrogens is 2. The van der Waals surface area contributed by atoms with Gasteiger partial charge in [0.25, 0.3) is 5.56 Å². The molecular weight excluding hydrogens is 304 g/mol. The summed E-state index contributed by atoms with van der Waals surface area (Å²) in [7, 11) is -3.36. The van der Waals surface area contributed by atoms with Crippen molar-refractivity contribution in [3.8, 4) is 12.3 Å². The summed E-state index contributed by atoms with van der Waals surface area (Å²) in [4.78, 5) is 12.0. The molecule has 0 radical (unpaired) electrons. The van der Waals surface area contributed by atoms with Crippen LogP contribution in [0.25, 0.3) is 0 Å². The van der Waals surface area contributed by atoms with Crippen molar-refractivity contribution in [2.75, 3.05) is 24.2 Å². The Morgan fingerprint density at radius 3 is 2.85 bits per heavy atom. The van der Waals surface area contributed by atoms with Crippen LogP contribution in [0.5, 0.6) is 0 Å². The highest BCUT2D eigenvalue weighted by atomic mass is 35.5. The molecule has 0 spiro atoms. The first kappa shape index (κ1) is 16.5. The highest BCUT2D eigenvalue weighted by molar-refractivity contribution is 7.89. The number of anilines is 1. The lowest BCUT2D eigenvalue weighted by atomic mass is 10.4. The average Bonchev–Trinajstić information content (AvgIpc) is 2.37. The van der Waals surface area contributed by atoms with Crippen LogP contribution in [0.1, 0.15) is 6.92 Å². The number of halogens is 1. The van der Waals surface area contributed by atoms with Gasteiger partial charge in [-0.15, -0.1) is 6.42 Å². The molecule has 110 valence electrons. The van der Waals surface area contributed by atoms with Crippen LogP contribution in [0.4, 0.5) is 5.69 Å². The lowest BCUT2D eigenvalue weighted by Gasteiger charge is -2.09. The minimum atomic E-state index is -3.36. The molecule has 7 nitrogen and oxygen atoms in total. The van der Waals surface area contributed by atoms with E-state index in [0.29, 0.717) is 6.54 Å². The Morgan fingerprint density at radius 2 is 2.25 bits per heavy atom. The van der Waals surface area contributed by atoms with Crippen LogP contribution in [-0.4, -0.2) is 37.0 Å². The van der Waals surface area contributed by atoms with E-state index in [1.165, 1.54) is 6.20 Å². The Morgan fingerprint density at radius 1 is 1.55 bits per heavy atom. The fourth-order valence-corrected chi connectivity index (χ4v) is 2.58. The van der Waals surface area contributed by atoms with Gasteiger partial charge in [0.15, 0.2) is 0 Å². The third kappa shape index (κ3) is 4.52. The van der Waals surface area contributed by atoms with E-state index >= 15 is 0 Å². The van der Waals surface area contributed by atoms with Crippen LogP contribution in [-0.2, 0) is 16.6 Å². The molecular formula is C11H15ClN4O3S. The van der Waals surface area contributed by atoms with Crippen LogP contribution in [0, 0.1) is 12.3 Å². The van der Waals surface area contributed by atoms with Crippen molar-refractivity contribution in [1.29, 1.82) is 0 Å². The van der Waals surface area contributed by atoms with Gasteiger partial charge in [0.1, 0.15) is 12.2 Å². The zero-order valence-electron chi connectivity index (χ0n) is 10.9. The van der Waals surface area contributed by atoms with Crippen molar-refractivity contribution in [1.82, 2.24) is 14.5 Å². The highest BCUT2D eigenvalue weighted by Crippen LogP contribution is 2.14. The predicted octanol–water partition coefficient (Wildman–Crippen LogP) is -0.119. The highest BCUT2D eigenvalue weighted by Gasteiger charge is 2.12. The third-order valence-electron chi connectivity index (χ3n) is 2.28. The second-order valence-electron chi connectivity index (χ2n) is 3.78. The van der Waals surface area contributed by atoms with Gasteiger partial charge in [-0.3, -0.25) is 4.79 Å². The third-order valence-corrected chi connectivity index (χ3v) is 4.03. The first-order valence-electron chi connectivity index (χ1n) is 5.81. The van der Waals surface area contributed by atoms with Crippen LogP contribution in [0.3, 0.4) is 0 Å². The second-order valence-corrected chi connectivity index (χ2v) is 6.11. The molecule has 1 aromatic heterocycles. The van der Waals surface area contributed by atoms with E-state index in [9.17, 15) is 13.2 Å². The van der Waals surface area contributed by atoms with E-state index in [2.05, 4.69) is 21.1 Å². The summed E-state index contributed by atoms with van der Waals surface area (Å²) in [5.74, 6) is 2.12. The molecule has 0 aliphatic rings. The maximum absolute atomic E-state index is 12.0. The number of nitrogens with zero attached hydrogens (tertiary/aromatic N) is 2. The van der Waals surface area contributed by atoms with Crippen LogP contribution in [0.15, 0.2) is 11.0 Å². The fourth-order valence-electron chi connectivity index (χ4n) is 1.43. The van der Waals surface area contributed by atoms with Gasteiger partial charge in [-0.1, -0.05) is 24.4 Å². The summed E-state index contributed by atoms with van der Waals surface area (Å²) in [6.45, 7) is 2.06. The minimum absolute atomic E-state index is 0.0143. The van der Waals surface area contributed by atoms with Gasteiger partial charge < -0.3 is 5.32 Å². The molecule has 9 heteroatoms. The molecule has 0 atom stereocenters. The molecule has 0 bridgehead atoms. The van der Waals surface area contributed by atoms with Crippen molar-refractivity contribution in [3.63, 3.8) is 0 Å². The molecule has 1 rings (SSSR count). The van der Waals surface area contributed by atoms with Gasteiger partial charge in [0.05, 0.1) is 17.0 Å². The van der Waals surface area contributed by atoms with E-state index in [4.69, 9.17) is 18.0 Å². The smallest absolute Gasteiger partial charge is 0.292 e. The van der Waals surface area contributed by atoms with E-state index < -0.39 is 15.6 Å².